The lowest BCUT2D eigenvalue weighted by Crippen LogP contribution is -2.30. The third kappa shape index (κ3) is 4.02. The van der Waals surface area contributed by atoms with Crippen LogP contribution in [0.3, 0.4) is 0 Å². The molecule has 0 fully saturated rings. The van der Waals surface area contributed by atoms with Gasteiger partial charge in [0.15, 0.2) is 0 Å². The van der Waals surface area contributed by atoms with E-state index < -0.39 is 0 Å². The fraction of sp³-hybridized carbons (Fsp3) is 0.625. The average molecular weight is 248 g/mol. The largest absolute Gasteiger partial charge is 0.372 e. The van der Waals surface area contributed by atoms with Gasteiger partial charge in [-0.2, -0.15) is 0 Å². The van der Waals surface area contributed by atoms with Gasteiger partial charge < -0.3 is 10.6 Å². The van der Waals surface area contributed by atoms with Crippen molar-refractivity contribution in [2.75, 3.05) is 18.5 Å². The van der Waals surface area contributed by atoms with Crippen LogP contribution >= 0.6 is 0 Å². The number of hydrogen-bond acceptors (Lipinski definition) is 2. The monoisotopic (exact) mass is 248 g/mol. The Kier molecular flexibility index (Phi) is 5.67. The van der Waals surface area contributed by atoms with E-state index in [1.165, 1.54) is 23.2 Å². The smallest absolute Gasteiger partial charge is 0.0395 e. The van der Waals surface area contributed by atoms with Gasteiger partial charge in [0.05, 0.1) is 0 Å². The Hall–Kier alpha value is -1.02. The van der Waals surface area contributed by atoms with Gasteiger partial charge in [-0.25, -0.2) is 0 Å². The predicted octanol–water partition coefficient (Wildman–Crippen LogP) is 3.37. The summed E-state index contributed by atoms with van der Waals surface area (Å²) in [7, 11) is 2.19. The van der Waals surface area contributed by atoms with Crippen molar-refractivity contribution in [2.45, 2.75) is 46.6 Å². The summed E-state index contributed by atoms with van der Waals surface area (Å²) >= 11 is 0. The molecule has 1 rings (SSSR count). The minimum Gasteiger partial charge on any atom is -0.372 e. The lowest BCUT2D eigenvalue weighted by molar-refractivity contribution is 0.504. The van der Waals surface area contributed by atoms with Crippen molar-refractivity contribution in [3.8, 4) is 0 Å². The quantitative estimate of drug-likeness (QED) is 0.836. The minimum atomic E-state index is 0.573. The number of nitrogens with two attached hydrogens (primary N) is 1. The highest BCUT2D eigenvalue weighted by atomic mass is 15.1. The van der Waals surface area contributed by atoms with Crippen molar-refractivity contribution in [1.29, 1.82) is 0 Å². The normalized spacial score (nSPS) is 12.8. The van der Waals surface area contributed by atoms with Crippen LogP contribution < -0.4 is 10.6 Å². The second kappa shape index (κ2) is 6.79. The first kappa shape index (κ1) is 15.0. The molecule has 1 atom stereocenters. The van der Waals surface area contributed by atoms with Crippen LogP contribution in [0.2, 0.25) is 0 Å². The van der Waals surface area contributed by atoms with E-state index in [1.54, 1.807) is 0 Å². The molecule has 1 aromatic rings. The molecule has 0 aliphatic carbocycles. The van der Waals surface area contributed by atoms with Crippen molar-refractivity contribution in [3.63, 3.8) is 0 Å². The van der Waals surface area contributed by atoms with Gasteiger partial charge in [0, 0.05) is 18.8 Å². The lowest BCUT2D eigenvalue weighted by atomic mass is 10.0. The topological polar surface area (TPSA) is 29.3 Å². The highest BCUT2D eigenvalue weighted by Gasteiger charge is 2.13. The molecular formula is C16H28N2. The molecule has 2 N–H and O–H groups in total. The molecule has 18 heavy (non-hydrogen) atoms. The van der Waals surface area contributed by atoms with Gasteiger partial charge in [-0.3, -0.25) is 0 Å². The molecule has 2 nitrogen and oxygen atoms in total. The highest BCUT2D eigenvalue weighted by Crippen LogP contribution is 2.24. The minimum absolute atomic E-state index is 0.573. The Bertz CT molecular complexity index is 371. The van der Waals surface area contributed by atoms with E-state index in [0.29, 0.717) is 6.04 Å². The first-order valence-electron chi connectivity index (χ1n) is 6.98. The van der Waals surface area contributed by atoms with E-state index in [9.17, 15) is 0 Å². The summed E-state index contributed by atoms with van der Waals surface area (Å²) in [5.74, 6) is 0.735. The number of anilines is 1. The van der Waals surface area contributed by atoms with Crippen LogP contribution in [-0.2, 0) is 6.42 Å². The molecule has 102 valence electrons. The van der Waals surface area contributed by atoms with Crippen molar-refractivity contribution in [3.05, 3.63) is 29.3 Å². The summed E-state index contributed by atoms with van der Waals surface area (Å²) in [5, 5.41) is 0. The van der Waals surface area contributed by atoms with Crippen LogP contribution in [-0.4, -0.2) is 19.6 Å². The van der Waals surface area contributed by atoms with Gasteiger partial charge in [0.1, 0.15) is 0 Å². The van der Waals surface area contributed by atoms with Crippen LogP contribution in [0, 0.1) is 12.8 Å². The van der Waals surface area contributed by atoms with Crippen LogP contribution in [0.5, 0.6) is 0 Å². The fourth-order valence-electron chi connectivity index (χ4n) is 2.51. The van der Waals surface area contributed by atoms with Crippen molar-refractivity contribution in [2.24, 2.45) is 11.7 Å². The molecule has 0 heterocycles. The van der Waals surface area contributed by atoms with Crippen LogP contribution in [0.4, 0.5) is 5.69 Å². The zero-order valence-corrected chi connectivity index (χ0v) is 12.5. The molecule has 0 amide bonds. The Balaban J connectivity index is 2.82. The van der Waals surface area contributed by atoms with E-state index in [0.717, 1.165) is 18.9 Å². The van der Waals surface area contributed by atoms with E-state index in [2.05, 4.69) is 57.8 Å². The number of aryl methyl sites for hydroxylation is 1. The van der Waals surface area contributed by atoms with Gasteiger partial charge in [-0.15, -0.1) is 0 Å². The van der Waals surface area contributed by atoms with Gasteiger partial charge in [-0.05, 0) is 56.3 Å². The Morgan fingerprint density at radius 1 is 1.22 bits per heavy atom. The molecule has 0 aliphatic rings. The molecule has 0 saturated carbocycles. The number of rotatable bonds is 6. The van der Waals surface area contributed by atoms with Gasteiger partial charge in [0.25, 0.3) is 0 Å². The Morgan fingerprint density at radius 3 is 2.39 bits per heavy atom. The molecule has 2 heteroatoms. The third-order valence-corrected chi connectivity index (χ3v) is 3.55. The Morgan fingerprint density at radius 2 is 1.89 bits per heavy atom. The summed E-state index contributed by atoms with van der Waals surface area (Å²) in [6.07, 6.45) is 2.19. The molecule has 0 radical (unpaired) electrons. The maximum absolute atomic E-state index is 5.60. The molecule has 0 bridgehead atoms. The van der Waals surface area contributed by atoms with Crippen LogP contribution in [0.1, 0.15) is 38.3 Å². The van der Waals surface area contributed by atoms with Crippen molar-refractivity contribution in [1.82, 2.24) is 0 Å². The van der Waals surface area contributed by atoms with E-state index in [1.807, 2.05) is 0 Å². The summed E-state index contributed by atoms with van der Waals surface area (Å²) in [4.78, 5) is 2.39. The second-order valence-electron chi connectivity index (χ2n) is 5.75. The first-order chi connectivity index (χ1) is 8.45. The zero-order valence-electron chi connectivity index (χ0n) is 12.5. The highest BCUT2D eigenvalue weighted by molar-refractivity contribution is 5.54. The maximum Gasteiger partial charge on any atom is 0.0395 e. The molecule has 0 aromatic heterocycles. The molecule has 0 aliphatic heterocycles. The number of hydrogen-bond donors (Lipinski definition) is 1. The molecule has 0 spiro atoms. The Labute approximate surface area is 112 Å². The third-order valence-electron chi connectivity index (χ3n) is 3.55. The SMILES string of the molecule is Cc1cc(CCN)ccc1N(C)C(C)CC(C)C. The lowest BCUT2D eigenvalue weighted by Gasteiger charge is -2.30. The average Bonchev–Trinajstić information content (AvgIpc) is 2.28. The van der Waals surface area contributed by atoms with Crippen LogP contribution in [0.15, 0.2) is 18.2 Å². The maximum atomic E-state index is 5.60. The number of nitrogens with zero attached hydrogens (tertiary/aromatic N) is 1. The molecule has 0 saturated heterocycles. The molecule has 1 unspecified atom stereocenters. The zero-order chi connectivity index (χ0) is 13.7. The summed E-state index contributed by atoms with van der Waals surface area (Å²) in [5.41, 5.74) is 9.62. The predicted molar refractivity (Wildman–Crippen MR) is 81.3 cm³/mol. The molecular weight excluding hydrogens is 220 g/mol. The van der Waals surface area contributed by atoms with Gasteiger partial charge in [-0.1, -0.05) is 26.0 Å². The van der Waals surface area contributed by atoms with Crippen molar-refractivity contribution < 1.29 is 0 Å². The summed E-state index contributed by atoms with van der Waals surface area (Å²) in [6.45, 7) is 9.77. The van der Waals surface area contributed by atoms with E-state index >= 15 is 0 Å². The molecule has 1 aromatic carbocycles. The second-order valence-corrected chi connectivity index (χ2v) is 5.75. The fourth-order valence-corrected chi connectivity index (χ4v) is 2.51. The first-order valence-corrected chi connectivity index (χ1v) is 6.98. The standard InChI is InChI=1S/C16H28N2/c1-12(2)10-14(4)18(5)16-7-6-15(8-9-17)11-13(16)3/h6-7,11-12,14H,8-10,17H2,1-5H3. The van der Waals surface area contributed by atoms with Crippen molar-refractivity contribution >= 4 is 5.69 Å². The summed E-state index contributed by atoms with van der Waals surface area (Å²) < 4.78 is 0. The van der Waals surface area contributed by atoms with Gasteiger partial charge >= 0.3 is 0 Å². The van der Waals surface area contributed by atoms with E-state index in [4.69, 9.17) is 5.73 Å². The van der Waals surface area contributed by atoms with Crippen LogP contribution in [0.25, 0.3) is 0 Å². The summed E-state index contributed by atoms with van der Waals surface area (Å²) in [6, 6.07) is 7.27. The van der Waals surface area contributed by atoms with E-state index in [-0.39, 0.29) is 0 Å². The number of benzene rings is 1. The van der Waals surface area contributed by atoms with Gasteiger partial charge in [0.2, 0.25) is 0 Å².